The monoisotopic (exact) mass is 278 g/mol. The summed E-state index contributed by atoms with van der Waals surface area (Å²) >= 11 is 5.77. The first-order valence-electron chi connectivity index (χ1n) is 5.44. The van der Waals surface area contributed by atoms with E-state index < -0.39 is 11.5 Å². The number of phenols is 1. The number of nitrogens with zero attached hydrogens (tertiary/aromatic N) is 1. The maximum Gasteiger partial charge on any atom is 0.263 e. The van der Waals surface area contributed by atoms with Crippen molar-refractivity contribution in [3.05, 3.63) is 57.5 Å². The van der Waals surface area contributed by atoms with Crippen LogP contribution in [0.3, 0.4) is 0 Å². The first-order chi connectivity index (χ1) is 8.99. The van der Waals surface area contributed by atoms with E-state index in [2.05, 4.69) is 5.32 Å². The number of aryl methyl sites for hydroxylation is 1. The molecule has 1 aromatic heterocycles. The lowest BCUT2D eigenvalue weighted by Gasteiger charge is -2.08. The fourth-order valence-electron chi connectivity index (χ4n) is 1.57. The Hall–Kier alpha value is -2.27. The van der Waals surface area contributed by atoms with Gasteiger partial charge in [-0.2, -0.15) is 0 Å². The molecule has 0 saturated carbocycles. The lowest BCUT2D eigenvalue weighted by Crippen LogP contribution is -2.27. The van der Waals surface area contributed by atoms with Crippen LogP contribution in [0.5, 0.6) is 5.75 Å². The molecule has 0 atom stereocenters. The van der Waals surface area contributed by atoms with Gasteiger partial charge in [0.05, 0.1) is 5.69 Å². The van der Waals surface area contributed by atoms with Crippen molar-refractivity contribution in [2.45, 2.75) is 0 Å². The average molecular weight is 279 g/mol. The Morgan fingerprint density at radius 3 is 2.84 bits per heavy atom. The average Bonchev–Trinajstić information content (AvgIpc) is 2.37. The van der Waals surface area contributed by atoms with Crippen molar-refractivity contribution in [2.24, 2.45) is 7.05 Å². The number of halogens is 1. The Labute approximate surface area is 114 Å². The predicted octanol–water partition coefficient (Wildman–Crippen LogP) is 2.00. The molecule has 0 aliphatic carbocycles. The molecule has 2 rings (SSSR count). The third-order valence-corrected chi connectivity index (χ3v) is 2.81. The molecule has 1 heterocycles. The second-order valence-electron chi connectivity index (χ2n) is 3.95. The second kappa shape index (κ2) is 5.16. The summed E-state index contributed by atoms with van der Waals surface area (Å²) in [7, 11) is 1.55. The number of nitrogens with one attached hydrogen (secondary N) is 1. The zero-order valence-electron chi connectivity index (χ0n) is 10.1. The van der Waals surface area contributed by atoms with E-state index in [9.17, 15) is 14.7 Å². The Morgan fingerprint density at radius 1 is 1.37 bits per heavy atom. The number of carbonyl (C=O) groups excluding carboxylic acids is 1. The molecule has 0 spiro atoms. The Balaban J connectivity index is 2.34. The quantitative estimate of drug-likeness (QED) is 0.826. The Kier molecular flexibility index (Phi) is 3.57. The van der Waals surface area contributed by atoms with Crippen molar-refractivity contribution in [1.82, 2.24) is 4.57 Å². The number of anilines is 1. The Bertz CT molecular complexity index is 695. The highest BCUT2D eigenvalue weighted by molar-refractivity contribution is 6.31. The van der Waals surface area contributed by atoms with E-state index in [1.165, 1.54) is 28.8 Å². The van der Waals surface area contributed by atoms with Gasteiger partial charge in [0.25, 0.3) is 11.5 Å². The van der Waals surface area contributed by atoms with Gasteiger partial charge >= 0.3 is 0 Å². The predicted molar refractivity (Wildman–Crippen MR) is 72.8 cm³/mol. The molecule has 0 aliphatic rings. The summed E-state index contributed by atoms with van der Waals surface area (Å²) in [5.74, 6) is -0.718. The molecule has 0 unspecified atom stereocenters. The van der Waals surface area contributed by atoms with E-state index in [-0.39, 0.29) is 17.0 Å². The molecule has 1 amide bonds. The molecule has 0 bridgehead atoms. The lowest BCUT2D eigenvalue weighted by molar-refractivity contribution is 0.102. The molecule has 5 nitrogen and oxygen atoms in total. The third kappa shape index (κ3) is 2.77. The van der Waals surface area contributed by atoms with Crippen LogP contribution >= 0.6 is 11.6 Å². The lowest BCUT2D eigenvalue weighted by atomic mass is 10.2. The minimum absolute atomic E-state index is 0.00984. The fraction of sp³-hybridized carbons (Fsp3) is 0.0769. The number of phenolic OH excluding ortho intramolecular Hbond substituents is 1. The minimum Gasteiger partial charge on any atom is -0.506 e. The van der Waals surface area contributed by atoms with Crippen molar-refractivity contribution in [3.63, 3.8) is 0 Å². The smallest absolute Gasteiger partial charge is 0.263 e. The van der Waals surface area contributed by atoms with Gasteiger partial charge in [0.1, 0.15) is 11.3 Å². The van der Waals surface area contributed by atoms with E-state index >= 15 is 0 Å². The molecule has 0 aliphatic heterocycles. The third-order valence-electron chi connectivity index (χ3n) is 2.57. The summed E-state index contributed by atoms with van der Waals surface area (Å²) in [6, 6.07) is 7.27. The van der Waals surface area contributed by atoms with Gasteiger partial charge in [0, 0.05) is 18.3 Å². The molecular weight excluding hydrogens is 268 g/mol. The molecule has 19 heavy (non-hydrogen) atoms. The van der Waals surface area contributed by atoms with Gasteiger partial charge in [-0.25, -0.2) is 0 Å². The second-order valence-corrected chi connectivity index (χ2v) is 4.39. The topological polar surface area (TPSA) is 71.3 Å². The van der Waals surface area contributed by atoms with Gasteiger partial charge in [-0.05, 0) is 30.3 Å². The van der Waals surface area contributed by atoms with Crippen LogP contribution in [-0.4, -0.2) is 15.6 Å². The van der Waals surface area contributed by atoms with Crippen molar-refractivity contribution in [3.8, 4) is 5.75 Å². The van der Waals surface area contributed by atoms with Gasteiger partial charge < -0.3 is 15.0 Å². The van der Waals surface area contributed by atoms with E-state index in [4.69, 9.17) is 11.6 Å². The van der Waals surface area contributed by atoms with Crippen LogP contribution in [0, 0.1) is 0 Å². The molecule has 1 aromatic carbocycles. The van der Waals surface area contributed by atoms with Gasteiger partial charge in [-0.3, -0.25) is 9.59 Å². The maximum absolute atomic E-state index is 12.0. The fourth-order valence-corrected chi connectivity index (χ4v) is 1.74. The van der Waals surface area contributed by atoms with Crippen LogP contribution < -0.4 is 10.9 Å². The van der Waals surface area contributed by atoms with Crippen LogP contribution in [0.25, 0.3) is 0 Å². The van der Waals surface area contributed by atoms with E-state index in [0.29, 0.717) is 5.02 Å². The SMILES string of the molecule is Cn1cccc(C(=O)Nc2cc(Cl)ccc2O)c1=O. The molecule has 0 saturated heterocycles. The van der Waals surface area contributed by atoms with Gasteiger partial charge in [-0.1, -0.05) is 11.6 Å². The number of amides is 1. The number of benzene rings is 1. The highest BCUT2D eigenvalue weighted by Gasteiger charge is 2.13. The Morgan fingerprint density at radius 2 is 2.11 bits per heavy atom. The number of carbonyl (C=O) groups is 1. The summed E-state index contributed by atoms with van der Waals surface area (Å²) in [6.07, 6.45) is 1.55. The van der Waals surface area contributed by atoms with E-state index in [1.807, 2.05) is 0 Å². The molecule has 0 fully saturated rings. The highest BCUT2D eigenvalue weighted by atomic mass is 35.5. The van der Waals surface area contributed by atoms with E-state index in [1.54, 1.807) is 19.3 Å². The molecule has 6 heteroatoms. The first-order valence-corrected chi connectivity index (χ1v) is 5.82. The first kappa shape index (κ1) is 13.2. The van der Waals surface area contributed by atoms with Crippen molar-refractivity contribution >= 4 is 23.2 Å². The van der Waals surface area contributed by atoms with Crippen molar-refractivity contribution in [2.75, 3.05) is 5.32 Å². The summed E-state index contributed by atoms with van der Waals surface area (Å²) in [6.45, 7) is 0. The van der Waals surface area contributed by atoms with Gasteiger partial charge in [0.2, 0.25) is 0 Å². The summed E-state index contributed by atoms with van der Waals surface area (Å²) in [5, 5.41) is 12.4. The standard InChI is InChI=1S/C13H11ClN2O3/c1-16-6-2-3-9(13(16)19)12(18)15-10-7-8(14)4-5-11(10)17/h2-7,17H,1H3,(H,15,18). The van der Waals surface area contributed by atoms with Crippen LogP contribution in [0.1, 0.15) is 10.4 Å². The number of rotatable bonds is 2. The molecule has 2 aromatic rings. The molecular formula is C13H11ClN2O3. The minimum atomic E-state index is -0.598. The number of pyridine rings is 1. The zero-order valence-corrected chi connectivity index (χ0v) is 10.8. The maximum atomic E-state index is 12.0. The van der Waals surface area contributed by atoms with Gasteiger partial charge in [-0.15, -0.1) is 0 Å². The van der Waals surface area contributed by atoms with Crippen LogP contribution in [0.2, 0.25) is 5.02 Å². The van der Waals surface area contributed by atoms with Gasteiger partial charge in [0.15, 0.2) is 0 Å². The van der Waals surface area contributed by atoms with Crippen LogP contribution in [0.4, 0.5) is 5.69 Å². The molecule has 2 N–H and O–H groups in total. The summed E-state index contributed by atoms with van der Waals surface area (Å²) < 4.78 is 1.30. The van der Waals surface area contributed by atoms with E-state index in [0.717, 1.165) is 0 Å². The zero-order chi connectivity index (χ0) is 14.0. The number of aromatic nitrogens is 1. The number of hydrogen-bond donors (Lipinski definition) is 2. The molecule has 0 radical (unpaired) electrons. The van der Waals surface area contributed by atoms with Crippen molar-refractivity contribution < 1.29 is 9.90 Å². The number of aromatic hydroxyl groups is 1. The summed E-state index contributed by atoms with van der Waals surface area (Å²) in [4.78, 5) is 23.7. The highest BCUT2D eigenvalue weighted by Crippen LogP contribution is 2.26. The summed E-state index contributed by atoms with van der Waals surface area (Å²) in [5.41, 5.74) is -0.269. The van der Waals surface area contributed by atoms with Crippen LogP contribution in [0.15, 0.2) is 41.3 Å². The number of hydrogen-bond acceptors (Lipinski definition) is 3. The normalized spacial score (nSPS) is 10.2. The largest absolute Gasteiger partial charge is 0.506 e. The molecule has 98 valence electrons. The van der Waals surface area contributed by atoms with Crippen LogP contribution in [-0.2, 0) is 7.05 Å². The van der Waals surface area contributed by atoms with Crippen molar-refractivity contribution in [1.29, 1.82) is 0 Å².